The van der Waals surface area contributed by atoms with Crippen LogP contribution in [0.15, 0.2) is 24.3 Å². The molecule has 1 heterocycles. The van der Waals surface area contributed by atoms with Crippen LogP contribution in [0.2, 0.25) is 0 Å². The first kappa shape index (κ1) is 40.8. The molecule has 2 atom stereocenters. The minimum atomic E-state index is -0.740. The van der Waals surface area contributed by atoms with Gasteiger partial charge in [0.1, 0.15) is 5.75 Å². The zero-order valence-corrected chi connectivity index (χ0v) is 24.3. The number of halogens is 1. The van der Waals surface area contributed by atoms with Crippen LogP contribution in [-0.4, -0.2) is 86.6 Å². The minimum absolute atomic E-state index is 0. The Hall–Kier alpha value is -0.390. The number of hydrogen-bond acceptors (Lipinski definition) is 9. The second-order valence-electron chi connectivity index (χ2n) is 6.92. The van der Waals surface area contributed by atoms with E-state index < -0.39 is 12.2 Å². The zero-order valence-electron chi connectivity index (χ0n) is 21.7. The van der Waals surface area contributed by atoms with Crippen molar-refractivity contribution in [3.05, 3.63) is 24.3 Å². The number of thiol groups is 2. The fraction of sp³-hybridized carbons (Fsp3) is 0.750. The van der Waals surface area contributed by atoms with Crippen molar-refractivity contribution >= 4 is 43.4 Å². The van der Waals surface area contributed by atoms with Crippen molar-refractivity contribution in [3.8, 4) is 5.75 Å². The Morgan fingerprint density at radius 2 is 1.44 bits per heavy atom. The normalized spacial score (nSPS) is 13.2. The summed E-state index contributed by atoms with van der Waals surface area (Å²) in [4.78, 5) is 0. The smallest absolute Gasteiger partial charge is 0.119 e. The SMILES string of the molecule is C1CCOCC1.CCCCNC.CCO.CNc1ccc(OC)cc1.Cl.O[C@H](CS)[C@H](O)CS. The Bertz CT molecular complexity index is 427. The molecule has 0 spiro atoms. The highest BCUT2D eigenvalue weighted by molar-refractivity contribution is 7.80. The van der Waals surface area contributed by atoms with E-state index in [0.717, 1.165) is 31.2 Å². The van der Waals surface area contributed by atoms with Crippen LogP contribution in [0.1, 0.15) is 46.0 Å². The lowest BCUT2D eigenvalue weighted by molar-refractivity contribution is 0.0504. The first-order chi connectivity index (χ1) is 15.9. The van der Waals surface area contributed by atoms with Crippen molar-refractivity contribution in [1.82, 2.24) is 5.32 Å². The topological polar surface area (TPSA) is 103 Å². The number of aliphatic hydroxyl groups excluding tert-OH is 3. The average Bonchev–Trinajstić information content (AvgIpc) is 2.89. The standard InChI is InChI=1S/C8H11NO.C5H13N.C5H10O.C4H10O2S2.C2H6O.ClH/c1-9-7-3-5-8(10-2)6-4-7;1-3-4-5-6-2;1-2-4-6-5-3-1;5-3(1-7)4(6)2-8;1-2-3;/h3-6,9H,1-2H3;6H,3-5H2,1-2H3;1-5H2;3-8H,1-2H2;3H,2H2,1H3;1H/t;;;3-,4-;;/m...1../s1. The van der Waals surface area contributed by atoms with Gasteiger partial charge in [-0.05, 0) is 70.5 Å². The van der Waals surface area contributed by atoms with Gasteiger partial charge in [0.15, 0.2) is 0 Å². The first-order valence-corrected chi connectivity index (χ1v) is 12.9. The maximum atomic E-state index is 8.75. The van der Waals surface area contributed by atoms with Crippen LogP contribution in [0.3, 0.4) is 0 Å². The van der Waals surface area contributed by atoms with Gasteiger partial charge in [-0.1, -0.05) is 13.3 Å². The fourth-order valence-electron chi connectivity index (χ4n) is 2.04. The molecule has 0 amide bonds. The molecule has 0 aromatic heterocycles. The number of methoxy groups -OCH3 is 1. The molecule has 0 saturated carbocycles. The molecule has 2 rings (SSSR count). The highest BCUT2D eigenvalue weighted by atomic mass is 35.5. The fourth-order valence-corrected chi connectivity index (χ4v) is 2.53. The van der Waals surface area contributed by atoms with Gasteiger partial charge >= 0.3 is 0 Å². The average molecular weight is 547 g/mol. The number of hydrogen-bond donors (Lipinski definition) is 7. The molecule has 206 valence electrons. The van der Waals surface area contributed by atoms with Crippen LogP contribution in [0.25, 0.3) is 0 Å². The van der Waals surface area contributed by atoms with Crippen LogP contribution in [-0.2, 0) is 4.74 Å². The van der Waals surface area contributed by atoms with Crippen LogP contribution in [0.5, 0.6) is 5.75 Å². The van der Waals surface area contributed by atoms with Gasteiger partial charge in [0.05, 0.1) is 19.3 Å². The van der Waals surface area contributed by atoms with Gasteiger partial charge in [-0.15, -0.1) is 12.4 Å². The number of anilines is 1. The summed E-state index contributed by atoms with van der Waals surface area (Å²) in [6.45, 7) is 7.29. The predicted octanol–water partition coefficient (Wildman–Crippen LogP) is 3.92. The molecule has 0 aliphatic carbocycles. The molecule has 0 radical (unpaired) electrons. The molecule has 10 heteroatoms. The van der Waals surface area contributed by atoms with Crippen LogP contribution >= 0.6 is 37.7 Å². The third kappa shape index (κ3) is 31.6. The minimum Gasteiger partial charge on any atom is -0.497 e. The molecule has 5 N–H and O–H groups in total. The van der Waals surface area contributed by atoms with Gasteiger partial charge < -0.3 is 35.4 Å². The monoisotopic (exact) mass is 546 g/mol. The van der Waals surface area contributed by atoms with E-state index in [4.69, 9.17) is 24.8 Å². The summed E-state index contributed by atoms with van der Waals surface area (Å²) < 4.78 is 10.1. The van der Waals surface area contributed by atoms with Gasteiger partial charge in [0.25, 0.3) is 0 Å². The van der Waals surface area contributed by atoms with E-state index in [9.17, 15) is 0 Å². The van der Waals surface area contributed by atoms with E-state index in [1.165, 1.54) is 32.1 Å². The largest absolute Gasteiger partial charge is 0.497 e. The van der Waals surface area contributed by atoms with Crippen LogP contribution < -0.4 is 15.4 Å². The highest BCUT2D eigenvalue weighted by Crippen LogP contribution is 2.13. The van der Waals surface area contributed by atoms with Crippen molar-refractivity contribution < 1.29 is 24.8 Å². The highest BCUT2D eigenvalue weighted by Gasteiger charge is 2.10. The first-order valence-electron chi connectivity index (χ1n) is 11.6. The van der Waals surface area contributed by atoms with Crippen molar-refractivity contribution in [1.29, 1.82) is 0 Å². The van der Waals surface area contributed by atoms with Crippen molar-refractivity contribution in [2.45, 2.75) is 58.2 Å². The van der Waals surface area contributed by atoms with Gasteiger partial charge in [-0.25, -0.2) is 0 Å². The Kier molecular flexibility index (Phi) is 41.7. The molecule has 1 aliphatic heterocycles. The summed E-state index contributed by atoms with van der Waals surface area (Å²) in [6, 6.07) is 7.79. The van der Waals surface area contributed by atoms with Gasteiger partial charge in [-0.3, -0.25) is 0 Å². The van der Waals surface area contributed by atoms with Gasteiger partial charge in [0, 0.05) is 44.1 Å². The predicted molar refractivity (Wildman–Crippen MR) is 156 cm³/mol. The van der Waals surface area contributed by atoms with E-state index in [0.29, 0.717) is 0 Å². The molecule has 1 aromatic rings. The van der Waals surface area contributed by atoms with E-state index in [1.54, 1.807) is 14.0 Å². The van der Waals surface area contributed by atoms with E-state index in [2.05, 4.69) is 42.8 Å². The van der Waals surface area contributed by atoms with Crippen molar-refractivity contribution in [2.24, 2.45) is 0 Å². The summed E-state index contributed by atoms with van der Waals surface area (Å²) in [5.41, 5.74) is 1.10. The summed E-state index contributed by atoms with van der Waals surface area (Å²) >= 11 is 7.53. The number of rotatable bonds is 8. The maximum Gasteiger partial charge on any atom is 0.119 e. The molecule has 34 heavy (non-hydrogen) atoms. The Balaban J connectivity index is -0.000000171. The lowest BCUT2D eigenvalue weighted by Gasteiger charge is -2.11. The van der Waals surface area contributed by atoms with E-state index >= 15 is 0 Å². The van der Waals surface area contributed by atoms with E-state index in [-0.39, 0.29) is 30.5 Å². The third-order valence-electron chi connectivity index (χ3n) is 4.05. The third-order valence-corrected chi connectivity index (χ3v) is 4.80. The lowest BCUT2D eigenvalue weighted by atomic mass is 10.2. The maximum absolute atomic E-state index is 8.75. The summed E-state index contributed by atoms with van der Waals surface area (Å²) in [5, 5.41) is 31.2. The molecule has 0 unspecified atom stereocenters. The number of ether oxygens (including phenoxy) is 2. The molecule has 1 aromatic carbocycles. The number of nitrogens with one attached hydrogen (secondary N) is 2. The van der Waals surface area contributed by atoms with Gasteiger partial charge in [0.2, 0.25) is 0 Å². The van der Waals surface area contributed by atoms with Crippen LogP contribution in [0.4, 0.5) is 5.69 Å². The Morgan fingerprint density at radius 3 is 1.65 bits per heavy atom. The zero-order chi connectivity index (χ0) is 25.7. The molecule has 1 fully saturated rings. The summed E-state index contributed by atoms with van der Waals surface area (Å²) in [6.07, 6.45) is 5.05. The molecule has 1 aliphatic rings. The second-order valence-corrected chi connectivity index (χ2v) is 7.66. The Labute approximate surface area is 225 Å². The van der Waals surface area contributed by atoms with E-state index in [1.807, 2.05) is 38.4 Å². The number of aliphatic hydroxyl groups is 3. The van der Waals surface area contributed by atoms with Crippen LogP contribution in [0, 0.1) is 0 Å². The quantitative estimate of drug-likeness (QED) is 0.196. The molecule has 1 saturated heterocycles. The number of benzene rings is 1. The van der Waals surface area contributed by atoms with Gasteiger partial charge in [-0.2, -0.15) is 25.3 Å². The summed E-state index contributed by atoms with van der Waals surface area (Å²) in [5.74, 6) is 1.45. The van der Waals surface area contributed by atoms with Crippen molar-refractivity contribution in [2.75, 3.05) is 64.4 Å². The molecule has 0 bridgehead atoms. The molecule has 7 nitrogen and oxygen atoms in total. The molecular weight excluding hydrogens is 496 g/mol. The second kappa shape index (κ2) is 34.8. The summed E-state index contributed by atoms with van der Waals surface area (Å²) in [7, 11) is 5.53. The number of unbranched alkanes of at least 4 members (excludes halogenated alkanes) is 1. The van der Waals surface area contributed by atoms with Crippen molar-refractivity contribution in [3.63, 3.8) is 0 Å². The lowest BCUT2D eigenvalue weighted by Crippen LogP contribution is -2.28. The Morgan fingerprint density at radius 1 is 0.971 bits per heavy atom. The molecular formula is C24H51ClN2O5S2.